The van der Waals surface area contributed by atoms with Crippen LogP contribution in [-0.4, -0.2) is 50.7 Å². The Morgan fingerprint density at radius 3 is 2.57 bits per heavy atom. The van der Waals surface area contributed by atoms with E-state index in [1.165, 1.54) is 25.0 Å². The van der Waals surface area contributed by atoms with Gasteiger partial charge in [0.05, 0.1) is 5.69 Å². The standard InChI is InChI=1S/C20H26FN5O.ClH/c1-12(2)19-23-18(24-26(19)16-6-4-5-13(21)9-16)20(27)25(3)17-10-14-7-8-15(11-17)22-14;/h4-6,9,12,14-15,17,22H,7-8,10-11H2,1-3H3;1H. The van der Waals surface area contributed by atoms with Gasteiger partial charge in [0, 0.05) is 31.1 Å². The lowest BCUT2D eigenvalue weighted by Gasteiger charge is -2.35. The average Bonchev–Trinajstić information content (AvgIpc) is 3.24. The van der Waals surface area contributed by atoms with Crippen LogP contribution in [0.2, 0.25) is 0 Å². The van der Waals surface area contributed by atoms with Gasteiger partial charge in [0.2, 0.25) is 5.82 Å². The highest BCUT2D eigenvalue weighted by Crippen LogP contribution is 2.30. The lowest BCUT2D eigenvalue weighted by Crippen LogP contribution is -2.48. The van der Waals surface area contributed by atoms with Crippen molar-refractivity contribution in [1.29, 1.82) is 0 Å². The molecule has 0 radical (unpaired) electrons. The molecule has 2 atom stereocenters. The molecule has 6 nitrogen and oxygen atoms in total. The summed E-state index contributed by atoms with van der Waals surface area (Å²) in [5, 5.41) is 8.04. The first-order chi connectivity index (χ1) is 12.9. The molecule has 2 fully saturated rings. The van der Waals surface area contributed by atoms with Crippen molar-refractivity contribution in [3.05, 3.63) is 41.7 Å². The van der Waals surface area contributed by atoms with Crippen molar-refractivity contribution in [3.8, 4) is 5.69 Å². The number of benzene rings is 1. The van der Waals surface area contributed by atoms with Gasteiger partial charge in [0.15, 0.2) is 0 Å². The van der Waals surface area contributed by atoms with Crippen LogP contribution in [0.3, 0.4) is 0 Å². The molecule has 2 saturated heterocycles. The molecule has 1 aromatic heterocycles. The lowest BCUT2D eigenvalue weighted by molar-refractivity contribution is 0.0669. The first-order valence-electron chi connectivity index (χ1n) is 9.68. The SMILES string of the molecule is CC(C)c1nc(C(=O)N(C)C2CC3CCC(C2)N3)nn1-c1cccc(F)c1.Cl. The molecule has 2 bridgehead atoms. The third-order valence-electron chi connectivity index (χ3n) is 5.71. The Bertz CT molecular complexity index is 843. The van der Waals surface area contributed by atoms with Crippen molar-refractivity contribution in [2.45, 2.75) is 63.6 Å². The van der Waals surface area contributed by atoms with Gasteiger partial charge in [-0.15, -0.1) is 17.5 Å². The largest absolute Gasteiger partial charge is 0.336 e. The van der Waals surface area contributed by atoms with Gasteiger partial charge >= 0.3 is 0 Å². The van der Waals surface area contributed by atoms with Gasteiger partial charge in [-0.05, 0) is 43.9 Å². The van der Waals surface area contributed by atoms with Gasteiger partial charge in [-0.25, -0.2) is 14.1 Å². The minimum Gasteiger partial charge on any atom is -0.336 e. The van der Waals surface area contributed by atoms with Crippen LogP contribution in [0.4, 0.5) is 4.39 Å². The fourth-order valence-corrected chi connectivity index (χ4v) is 4.25. The summed E-state index contributed by atoms with van der Waals surface area (Å²) in [6.45, 7) is 3.98. The smallest absolute Gasteiger partial charge is 0.293 e. The maximum absolute atomic E-state index is 13.7. The summed E-state index contributed by atoms with van der Waals surface area (Å²) >= 11 is 0. The molecule has 2 aliphatic heterocycles. The maximum atomic E-state index is 13.7. The normalized spacial score (nSPS) is 23.5. The summed E-state index contributed by atoms with van der Waals surface area (Å²) < 4.78 is 15.2. The van der Waals surface area contributed by atoms with Crippen LogP contribution in [0, 0.1) is 5.82 Å². The van der Waals surface area contributed by atoms with E-state index < -0.39 is 0 Å². The van der Waals surface area contributed by atoms with E-state index in [2.05, 4.69) is 15.4 Å². The van der Waals surface area contributed by atoms with Gasteiger partial charge < -0.3 is 10.2 Å². The molecule has 1 N–H and O–H groups in total. The molecular weight excluding hydrogens is 381 g/mol. The first kappa shape index (κ1) is 20.7. The van der Waals surface area contributed by atoms with Crippen molar-refractivity contribution >= 4 is 18.3 Å². The monoisotopic (exact) mass is 407 g/mol. The molecule has 2 unspecified atom stereocenters. The van der Waals surface area contributed by atoms with E-state index in [0.717, 1.165) is 12.8 Å². The summed E-state index contributed by atoms with van der Waals surface area (Å²) in [5.41, 5.74) is 0.577. The number of halogens is 2. The number of amides is 1. The van der Waals surface area contributed by atoms with Crippen LogP contribution in [0.5, 0.6) is 0 Å². The lowest BCUT2D eigenvalue weighted by atomic mass is 9.98. The Kier molecular flexibility index (Phi) is 6.05. The zero-order valence-electron chi connectivity index (χ0n) is 16.4. The predicted molar refractivity (Wildman–Crippen MR) is 108 cm³/mol. The number of fused-ring (bicyclic) bond motifs is 2. The molecule has 1 aromatic carbocycles. The Morgan fingerprint density at radius 2 is 1.96 bits per heavy atom. The number of carbonyl (C=O) groups excluding carboxylic acids is 1. The average molecular weight is 408 g/mol. The number of rotatable bonds is 4. The highest BCUT2D eigenvalue weighted by atomic mass is 35.5. The highest BCUT2D eigenvalue weighted by Gasteiger charge is 2.37. The second kappa shape index (κ2) is 8.17. The number of hydrogen-bond donors (Lipinski definition) is 1. The Balaban J connectivity index is 0.00000225. The number of piperidine rings is 1. The molecule has 2 aromatic rings. The van der Waals surface area contributed by atoms with E-state index in [9.17, 15) is 9.18 Å². The van der Waals surface area contributed by atoms with E-state index in [1.54, 1.807) is 21.7 Å². The first-order valence-corrected chi connectivity index (χ1v) is 9.68. The van der Waals surface area contributed by atoms with Crippen molar-refractivity contribution in [2.24, 2.45) is 0 Å². The van der Waals surface area contributed by atoms with Crippen LogP contribution >= 0.6 is 12.4 Å². The topological polar surface area (TPSA) is 63.1 Å². The number of aromatic nitrogens is 3. The quantitative estimate of drug-likeness (QED) is 0.844. The Hall–Kier alpha value is -1.99. The number of carbonyl (C=O) groups is 1. The minimum atomic E-state index is -0.340. The molecule has 0 spiro atoms. The van der Waals surface area contributed by atoms with Crippen LogP contribution < -0.4 is 5.32 Å². The summed E-state index contributed by atoms with van der Waals surface area (Å²) in [7, 11) is 1.84. The summed E-state index contributed by atoms with van der Waals surface area (Å²) in [6, 6.07) is 7.42. The van der Waals surface area contributed by atoms with Gasteiger partial charge in [0.25, 0.3) is 5.91 Å². The summed E-state index contributed by atoms with van der Waals surface area (Å²) in [4.78, 5) is 19.4. The van der Waals surface area contributed by atoms with E-state index in [0.29, 0.717) is 23.6 Å². The molecular formula is C20H27ClFN5O. The molecule has 28 heavy (non-hydrogen) atoms. The number of nitrogens with one attached hydrogen (secondary N) is 1. The van der Waals surface area contributed by atoms with Gasteiger partial charge in [-0.1, -0.05) is 19.9 Å². The van der Waals surface area contributed by atoms with Crippen molar-refractivity contribution < 1.29 is 9.18 Å². The second-order valence-corrected chi connectivity index (χ2v) is 8.02. The minimum absolute atomic E-state index is 0. The molecule has 0 saturated carbocycles. The molecule has 152 valence electrons. The van der Waals surface area contributed by atoms with Crippen LogP contribution in [0.25, 0.3) is 5.69 Å². The fourth-order valence-electron chi connectivity index (χ4n) is 4.25. The summed E-state index contributed by atoms with van der Waals surface area (Å²) in [5.74, 6) is 0.382. The maximum Gasteiger partial charge on any atom is 0.293 e. The Morgan fingerprint density at radius 1 is 1.29 bits per heavy atom. The Labute approximate surface area is 170 Å². The predicted octanol–water partition coefficient (Wildman–Crippen LogP) is 3.31. The van der Waals surface area contributed by atoms with Gasteiger partial charge in [-0.2, -0.15) is 0 Å². The van der Waals surface area contributed by atoms with Crippen molar-refractivity contribution in [1.82, 2.24) is 25.0 Å². The van der Waals surface area contributed by atoms with Crippen molar-refractivity contribution in [3.63, 3.8) is 0 Å². The molecule has 3 heterocycles. The van der Waals surface area contributed by atoms with Crippen molar-refractivity contribution in [2.75, 3.05) is 7.05 Å². The number of hydrogen-bond acceptors (Lipinski definition) is 4. The van der Waals surface area contributed by atoms with E-state index in [-0.39, 0.29) is 41.9 Å². The van der Waals surface area contributed by atoms with Gasteiger partial charge in [-0.3, -0.25) is 4.79 Å². The third kappa shape index (κ3) is 3.91. The third-order valence-corrected chi connectivity index (χ3v) is 5.71. The molecule has 8 heteroatoms. The molecule has 2 aliphatic rings. The van der Waals surface area contributed by atoms with Gasteiger partial charge in [0.1, 0.15) is 11.6 Å². The molecule has 0 aliphatic carbocycles. The molecule has 4 rings (SSSR count). The van der Waals surface area contributed by atoms with Crippen LogP contribution in [0.15, 0.2) is 24.3 Å². The van der Waals surface area contributed by atoms with E-state index in [1.807, 2.05) is 20.9 Å². The number of nitrogens with zero attached hydrogens (tertiary/aromatic N) is 4. The molecule has 1 amide bonds. The van der Waals surface area contributed by atoms with Crippen LogP contribution in [-0.2, 0) is 0 Å². The summed E-state index contributed by atoms with van der Waals surface area (Å²) in [6.07, 6.45) is 4.32. The highest BCUT2D eigenvalue weighted by molar-refractivity contribution is 5.90. The van der Waals surface area contributed by atoms with Crippen LogP contribution in [0.1, 0.15) is 61.9 Å². The van der Waals surface area contributed by atoms with E-state index in [4.69, 9.17) is 0 Å². The fraction of sp³-hybridized carbons (Fsp3) is 0.550. The van der Waals surface area contributed by atoms with E-state index >= 15 is 0 Å². The zero-order valence-corrected chi connectivity index (χ0v) is 17.2. The second-order valence-electron chi connectivity index (χ2n) is 8.02. The zero-order chi connectivity index (χ0) is 19.1.